The van der Waals surface area contributed by atoms with Crippen LogP contribution in [0, 0.1) is 5.21 Å². The highest BCUT2D eigenvalue weighted by Crippen LogP contribution is 2.23. The summed E-state index contributed by atoms with van der Waals surface area (Å²) in [7, 11) is 0. The zero-order chi connectivity index (χ0) is 8.65. The van der Waals surface area contributed by atoms with E-state index in [9.17, 15) is 10.0 Å². The highest BCUT2D eigenvalue weighted by atomic mass is 16.5. The first-order valence-corrected chi connectivity index (χ1v) is 3.36. The lowest BCUT2D eigenvalue weighted by molar-refractivity contribution is 0.0846. The Hall–Kier alpha value is -0.810. The number of carbonyl (C=O) groups is 1. The van der Waals surface area contributed by atoms with E-state index in [-0.39, 0.29) is 6.54 Å². The zero-order valence-electron chi connectivity index (χ0n) is 6.57. The molecule has 0 atom stereocenters. The quantitative estimate of drug-likeness (QED) is 0.583. The highest BCUT2D eigenvalue weighted by molar-refractivity contribution is 5.78. The summed E-state index contributed by atoms with van der Waals surface area (Å²) in [6, 6.07) is -0.655. The summed E-state index contributed by atoms with van der Waals surface area (Å²) in [5.41, 5.74) is -0.548. The molecule has 11 heavy (non-hydrogen) atoms. The Morgan fingerprint density at radius 2 is 2.27 bits per heavy atom. The van der Waals surface area contributed by atoms with E-state index in [0.29, 0.717) is 5.06 Å². The second-order valence-corrected chi connectivity index (χ2v) is 3.20. The van der Waals surface area contributed by atoms with Gasteiger partial charge in [-0.25, -0.2) is 4.79 Å². The first-order valence-electron chi connectivity index (χ1n) is 3.36. The van der Waals surface area contributed by atoms with Crippen molar-refractivity contribution in [3.05, 3.63) is 5.21 Å². The van der Waals surface area contributed by atoms with E-state index in [2.05, 4.69) is 0 Å². The molecule has 0 aromatic rings. The molecule has 1 aliphatic rings. The van der Waals surface area contributed by atoms with Crippen LogP contribution in [0.15, 0.2) is 0 Å². The van der Waals surface area contributed by atoms with Gasteiger partial charge in [-0.15, -0.1) is 0 Å². The molecule has 0 bridgehead atoms. The summed E-state index contributed by atoms with van der Waals surface area (Å²) in [5, 5.41) is 19.9. The molecule has 0 radical (unpaired) electrons. The molecule has 0 unspecified atom stereocenters. The summed E-state index contributed by atoms with van der Waals surface area (Å²) in [6.07, 6.45) is 0. The van der Waals surface area contributed by atoms with Gasteiger partial charge in [0, 0.05) is 6.54 Å². The van der Waals surface area contributed by atoms with Crippen LogP contribution in [0.4, 0.5) is 4.79 Å². The van der Waals surface area contributed by atoms with Gasteiger partial charge in [-0.05, 0) is 13.8 Å². The predicted octanol–water partition coefficient (Wildman–Crippen LogP) is -0.0498. The van der Waals surface area contributed by atoms with Crippen LogP contribution in [0.25, 0.3) is 0 Å². The molecule has 1 rings (SSSR count). The van der Waals surface area contributed by atoms with Gasteiger partial charge in [0.05, 0.1) is 5.54 Å². The number of nitrogens with zero attached hydrogens (tertiary/aromatic N) is 2. The Balaban J connectivity index is 2.82. The Labute approximate surface area is 64.8 Å². The molecule has 64 valence electrons. The van der Waals surface area contributed by atoms with Crippen molar-refractivity contribution in [2.75, 3.05) is 13.3 Å². The maximum atomic E-state index is 10.9. The molecule has 1 N–H and O–H groups in total. The summed E-state index contributed by atoms with van der Waals surface area (Å²) in [6.45, 7) is 3.19. The molecule has 5 nitrogen and oxygen atoms in total. The summed E-state index contributed by atoms with van der Waals surface area (Å²) >= 11 is 0. The van der Waals surface area contributed by atoms with Gasteiger partial charge in [0.2, 0.25) is 0 Å². The third-order valence-corrected chi connectivity index (χ3v) is 1.85. The topological polar surface area (TPSA) is 66.8 Å². The van der Waals surface area contributed by atoms with Crippen molar-refractivity contribution in [1.29, 1.82) is 0 Å². The van der Waals surface area contributed by atoms with E-state index in [1.807, 2.05) is 0 Å². The lowest BCUT2D eigenvalue weighted by Crippen LogP contribution is -2.42. The number of carbonyl (C=O) groups excluding carboxylic acids is 1. The Morgan fingerprint density at radius 3 is 2.45 bits per heavy atom. The van der Waals surface area contributed by atoms with Gasteiger partial charge in [-0.2, -0.15) is 0 Å². The molecule has 0 aromatic heterocycles. The number of amides is 2. The molecule has 0 spiro atoms. The minimum absolute atomic E-state index is 0.117. The zero-order valence-corrected chi connectivity index (χ0v) is 6.57. The maximum Gasteiger partial charge on any atom is 0.311 e. The third kappa shape index (κ3) is 1.17. The number of urea groups is 1. The van der Waals surface area contributed by atoms with Crippen LogP contribution >= 0.6 is 0 Å². The fourth-order valence-electron chi connectivity index (χ4n) is 1.15. The molecule has 5 heteroatoms. The van der Waals surface area contributed by atoms with Crippen LogP contribution in [0.5, 0.6) is 0 Å². The molecule has 1 fully saturated rings. The fourth-order valence-corrected chi connectivity index (χ4v) is 1.15. The average Bonchev–Trinajstić information content (AvgIpc) is 2.03. The molecule has 1 heterocycles. The Morgan fingerprint density at radius 1 is 1.73 bits per heavy atom. The van der Waals surface area contributed by atoms with Crippen molar-refractivity contribution in [3.63, 3.8) is 0 Å². The first kappa shape index (κ1) is 8.29. The lowest BCUT2D eigenvalue weighted by atomic mass is 10.1. The van der Waals surface area contributed by atoms with E-state index in [1.54, 1.807) is 13.8 Å². The average molecular weight is 159 g/mol. The van der Waals surface area contributed by atoms with E-state index in [4.69, 9.17) is 5.11 Å². The van der Waals surface area contributed by atoms with Gasteiger partial charge < -0.3 is 15.4 Å². The monoisotopic (exact) mass is 159 g/mol. The SMILES string of the molecule is CC1(C)CN([O-])C(=O)N1CO. The summed E-state index contributed by atoms with van der Waals surface area (Å²) < 4.78 is 0. The molecule has 1 saturated heterocycles. The van der Waals surface area contributed by atoms with Crippen LogP contribution in [0.3, 0.4) is 0 Å². The summed E-state index contributed by atoms with van der Waals surface area (Å²) in [4.78, 5) is 12.1. The summed E-state index contributed by atoms with van der Waals surface area (Å²) in [5.74, 6) is 0. The number of hydrogen-bond acceptors (Lipinski definition) is 3. The van der Waals surface area contributed by atoms with Gasteiger partial charge >= 0.3 is 6.03 Å². The van der Waals surface area contributed by atoms with Gasteiger partial charge in [0.1, 0.15) is 6.73 Å². The number of hydroxylamine groups is 2. The van der Waals surface area contributed by atoms with E-state index in [0.717, 1.165) is 4.90 Å². The van der Waals surface area contributed by atoms with E-state index in [1.165, 1.54) is 0 Å². The van der Waals surface area contributed by atoms with Gasteiger partial charge in [-0.1, -0.05) is 0 Å². The molecule has 2 amide bonds. The number of aliphatic hydroxyl groups is 1. The molecular formula is C6H11N2O3-. The van der Waals surface area contributed by atoms with Crippen LogP contribution < -0.4 is 0 Å². The smallest absolute Gasteiger partial charge is 0.311 e. The standard InChI is InChI=1S/C6H11N2O3/c1-6(2)3-8(11)5(10)7(6)4-9/h9H,3-4H2,1-2H3/q-1. The highest BCUT2D eigenvalue weighted by Gasteiger charge is 2.38. The van der Waals surface area contributed by atoms with Gasteiger partial charge in [-0.3, -0.25) is 4.90 Å². The molecule has 0 aromatic carbocycles. The van der Waals surface area contributed by atoms with Gasteiger partial charge in [0.15, 0.2) is 0 Å². The van der Waals surface area contributed by atoms with Crippen molar-refractivity contribution >= 4 is 6.03 Å². The lowest BCUT2D eigenvalue weighted by Gasteiger charge is -2.27. The minimum Gasteiger partial charge on any atom is -0.755 e. The predicted molar refractivity (Wildman–Crippen MR) is 38.5 cm³/mol. The van der Waals surface area contributed by atoms with Gasteiger partial charge in [0.25, 0.3) is 0 Å². The van der Waals surface area contributed by atoms with Crippen LogP contribution in [0.2, 0.25) is 0 Å². The van der Waals surface area contributed by atoms with Crippen molar-refractivity contribution in [2.24, 2.45) is 0 Å². The van der Waals surface area contributed by atoms with E-state index >= 15 is 0 Å². The fraction of sp³-hybridized carbons (Fsp3) is 0.833. The minimum atomic E-state index is -0.655. The van der Waals surface area contributed by atoms with Crippen molar-refractivity contribution in [3.8, 4) is 0 Å². The number of rotatable bonds is 1. The third-order valence-electron chi connectivity index (χ3n) is 1.85. The second-order valence-electron chi connectivity index (χ2n) is 3.20. The first-order chi connectivity index (χ1) is 4.99. The molecule has 1 aliphatic heterocycles. The maximum absolute atomic E-state index is 10.9. The largest absolute Gasteiger partial charge is 0.755 e. The number of aliphatic hydroxyl groups excluding tert-OH is 1. The van der Waals surface area contributed by atoms with Crippen molar-refractivity contribution in [2.45, 2.75) is 19.4 Å². The Bertz CT molecular complexity index is 181. The van der Waals surface area contributed by atoms with E-state index < -0.39 is 18.3 Å². The van der Waals surface area contributed by atoms with Crippen LogP contribution in [0.1, 0.15) is 13.8 Å². The second kappa shape index (κ2) is 2.35. The molecule has 0 saturated carbocycles. The van der Waals surface area contributed by atoms with Crippen LogP contribution in [-0.4, -0.2) is 39.9 Å². The Kier molecular flexibility index (Phi) is 1.77. The van der Waals surface area contributed by atoms with Crippen molar-refractivity contribution < 1.29 is 9.90 Å². The molecule has 0 aliphatic carbocycles. The molecular weight excluding hydrogens is 148 g/mol. The van der Waals surface area contributed by atoms with Crippen LogP contribution in [-0.2, 0) is 0 Å². The number of hydrogen-bond donors (Lipinski definition) is 1. The van der Waals surface area contributed by atoms with Crippen molar-refractivity contribution in [1.82, 2.24) is 9.96 Å². The normalized spacial score (nSPS) is 23.1.